The van der Waals surface area contributed by atoms with Crippen molar-refractivity contribution in [1.82, 2.24) is 9.97 Å². The van der Waals surface area contributed by atoms with Crippen molar-refractivity contribution in [3.05, 3.63) is 70.5 Å². The molecule has 116 valence electrons. The van der Waals surface area contributed by atoms with E-state index in [1.807, 2.05) is 18.2 Å². The van der Waals surface area contributed by atoms with Crippen LogP contribution in [0, 0.1) is 5.82 Å². The largest absolute Gasteiger partial charge is 0.440 e. The van der Waals surface area contributed by atoms with E-state index in [2.05, 4.69) is 16.0 Å². The SMILES string of the molecule is Fc1ccc(-c2nc3c(o2)CCC(c2cccc(Cl)c2)C3)nc1. The molecule has 0 radical (unpaired) electrons. The van der Waals surface area contributed by atoms with Gasteiger partial charge in [-0.25, -0.2) is 14.4 Å². The molecule has 1 unspecified atom stereocenters. The fourth-order valence-corrected chi connectivity index (χ4v) is 3.23. The van der Waals surface area contributed by atoms with Crippen LogP contribution in [0.1, 0.15) is 29.4 Å². The van der Waals surface area contributed by atoms with E-state index >= 15 is 0 Å². The molecule has 0 saturated heterocycles. The van der Waals surface area contributed by atoms with Crippen molar-refractivity contribution in [2.24, 2.45) is 0 Å². The van der Waals surface area contributed by atoms with Crippen LogP contribution < -0.4 is 0 Å². The molecule has 2 heterocycles. The van der Waals surface area contributed by atoms with Gasteiger partial charge in [-0.3, -0.25) is 0 Å². The van der Waals surface area contributed by atoms with Crippen molar-refractivity contribution in [3.63, 3.8) is 0 Å². The van der Waals surface area contributed by atoms with Crippen LogP contribution in [0.2, 0.25) is 5.02 Å². The minimum atomic E-state index is -0.369. The number of aryl methyl sites for hydroxylation is 1. The Morgan fingerprint density at radius 3 is 2.91 bits per heavy atom. The summed E-state index contributed by atoms with van der Waals surface area (Å²) < 4.78 is 18.8. The molecule has 0 aliphatic heterocycles. The minimum Gasteiger partial charge on any atom is -0.440 e. The highest BCUT2D eigenvalue weighted by molar-refractivity contribution is 6.30. The molecular formula is C18H14ClFN2O. The second-order valence-electron chi connectivity index (χ2n) is 5.75. The van der Waals surface area contributed by atoms with E-state index in [4.69, 9.17) is 16.0 Å². The molecule has 1 aromatic carbocycles. The van der Waals surface area contributed by atoms with Crippen LogP contribution in [0.4, 0.5) is 4.39 Å². The molecule has 0 fully saturated rings. The molecule has 0 saturated carbocycles. The van der Waals surface area contributed by atoms with Gasteiger partial charge < -0.3 is 4.42 Å². The zero-order valence-electron chi connectivity index (χ0n) is 12.3. The first kappa shape index (κ1) is 14.4. The summed E-state index contributed by atoms with van der Waals surface area (Å²) in [5.74, 6) is 1.39. The molecule has 2 aromatic heterocycles. The Morgan fingerprint density at radius 1 is 1.22 bits per heavy atom. The van der Waals surface area contributed by atoms with Crippen LogP contribution in [-0.4, -0.2) is 9.97 Å². The third-order valence-corrected chi connectivity index (χ3v) is 4.44. The third kappa shape index (κ3) is 2.86. The summed E-state index contributed by atoms with van der Waals surface area (Å²) in [6.07, 6.45) is 3.83. The Morgan fingerprint density at radius 2 is 2.13 bits per heavy atom. The van der Waals surface area contributed by atoms with E-state index < -0.39 is 0 Å². The van der Waals surface area contributed by atoms with Crippen molar-refractivity contribution < 1.29 is 8.81 Å². The number of hydrogen-bond donors (Lipinski definition) is 0. The quantitative estimate of drug-likeness (QED) is 0.678. The highest BCUT2D eigenvalue weighted by Gasteiger charge is 2.25. The number of rotatable bonds is 2. The summed E-state index contributed by atoms with van der Waals surface area (Å²) in [4.78, 5) is 8.60. The second kappa shape index (κ2) is 5.78. The summed E-state index contributed by atoms with van der Waals surface area (Å²) in [5.41, 5.74) is 2.75. The van der Waals surface area contributed by atoms with E-state index in [1.54, 1.807) is 6.07 Å². The van der Waals surface area contributed by atoms with Gasteiger partial charge in [0.25, 0.3) is 0 Å². The number of halogens is 2. The Labute approximate surface area is 138 Å². The summed E-state index contributed by atoms with van der Waals surface area (Å²) in [6, 6.07) is 10.9. The molecule has 0 amide bonds. The molecule has 5 heteroatoms. The predicted molar refractivity (Wildman–Crippen MR) is 85.9 cm³/mol. The molecule has 3 aromatic rings. The highest BCUT2D eigenvalue weighted by Crippen LogP contribution is 2.35. The lowest BCUT2D eigenvalue weighted by Crippen LogP contribution is -2.11. The maximum absolute atomic E-state index is 13.0. The normalized spacial score (nSPS) is 17.0. The van der Waals surface area contributed by atoms with Gasteiger partial charge in [0, 0.05) is 17.9 Å². The van der Waals surface area contributed by atoms with Crippen molar-refractivity contribution in [2.75, 3.05) is 0 Å². The maximum Gasteiger partial charge on any atom is 0.245 e. The van der Waals surface area contributed by atoms with Crippen molar-refractivity contribution in [2.45, 2.75) is 25.2 Å². The molecular weight excluding hydrogens is 315 g/mol. The first-order valence-corrected chi connectivity index (χ1v) is 7.93. The number of pyridine rings is 1. The van der Waals surface area contributed by atoms with Crippen molar-refractivity contribution in [3.8, 4) is 11.6 Å². The van der Waals surface area contributed by atoms with Crippen LogP contribution in [0.3, 0.4) is 0 Å². The standard InChI is InChI=1S/C18H14ClFN2O/c19-13-3-1-2-11(8-13)12-4-7-17-16(9-12)22-18(23-17)15-6-5-14(20)10-21-15/h1-3,5-6,8,10,12H,4,7,9H2. The summed E-state index contributed by atoms with van der Waals surface area (Å²) >= 11 is 6.09. The van der Waals surface area contributed by atoms with Gasteiger partial charge in [-0.2, -0.15) is 0 Å². The third-order valence-electron chi connectivity index (χ3n) is 4.20. The average Bonchev–Trinajstić information content (AvgIpc) is 2.98. The molecule has 1 aliphatic carbocycles. The molecule has 3 nitrogen and oxygen atoms in total. The Bertz CT molecular complexity index is 844. The molecule has 1 atom stereocenters. The molecule has 0 bridgehead atoms. The minimum absolute atomic E-state index is 0.369. The number of aromatic nitrogens is 2. The fraction of sp³-hybridized carbons (Fsp3) is 0.222. The van der Waals surface area contributed by atoms with Crippen LogP contribution in [0.5, 0.6) is 0 Å². The predicted octanol–water partition coefficient (Wildman–Crippen LogP) is 4.80. The van der Waals surface area contributed by atoms with Crippen LogP contribution >= 0.6 is 11.6 Å². The highest BCUT2D eigenvalue weighted by atomic mass is 35.5. The van der Waals surface area contributed by atoms with Gasteiger partial charge in [-0.1, -0.05) is 23.7 Å². The molecule has 0 spiro atoms. The first-order valence-electron chi connectivity index (χ1n) is 7.55. The van der Waals surface area contributed by atoms with Crippen molar-refractivity contribution in [1.29, 1.82) is 0 Å². The second-order valence-corrected chi connectivity index (χ2v) is 6.18. The maximum atomic E-state index is 13.0. The van der Waals surface area contributed by atoms with E-state index in [1.165, 1.54) is 17.8 Å². The van der Waals surface area contributed by atoms with Crippen LogP contribution in [0.25, 0.3) is 11.6 Å². The number of oxazole rings is 1. The van der Waals surface area contributed by atoms with E-state index in [9.17, 15) is 4.39 Å². The molecule has 23 heavy (non-hydrogen) atoms. The van der Waals surface area contributed by atoms with Crippen LogP contribution in [-0.2, 0) is 12.8 Å². The molecule has 1 aliphatic rings. The zero-order chi connectivity index (χ0) is 15.8. The van der Waals surface area contributed by atoms with Gasteiger partial charge in [0.05, 0.1) is 11.9 Å². The Kier molecular flexibility index (Phi) is 3.62. The molecule has 4 rings (SSSR count). The first-order chi connectivity index (χ1) is 11.2. The van der Waals surface area contributed by atoms with Gasteiger partial charge in [0.15, 0.2) is 0 Å². The summed E-state index contributed by atoms with van der Waals surface area (Å²) in [7, 11) is 0. The van der Waals surface area contributed by atoms with Crippen molar-refractivity contribution >= 4 is 11.6 Å². The topological polar surface area (TPSA) is 38.9 Å². The van der Waals surface area contributed by atoms with E-state index in [0.29, 0.717) is 17.5 Å². The van der Waals surface area contributed by atoms with Gasteiger partial charge in [0.1, 0.15) is 17.3 Å². The van der Waals surface area contributed by atoms with Crippen LogP contribution in [0.15, 0.2) is 47.0 Å². The smallest absolute Gasteiger partial charge is 0.245 e. The molecule has 0 N–H and O–H groups in total. The van der Waals surface area contributed by atoms with E-state index in [-0.39, 0.29) is 5.82 Å². The fourth-order valence-electron chi connectivity index (χ4n) is 3.04. The van der Waals surface area contributed by atoms with E-state index in [0.717, 1.165) is 35.7 Å². The monoisotopic (exact) mass is 328 g/mol. The van der Waals surface area contributed by atoms with Gasteiger partial charge in [-0.05, 0) is 42.2 Å². The van der Waals surface area contributed by atoms with Gasteiger partial charge in [-0.15, -0.1) is 0 Å². The lowest BCUT2D eigenvalue weighted by molar-refractivity contribution is 0.464. The lowest BCUT2D eigenvalue weighted by Gasteiger charge is -2.20. The van der Waals surface area contributed by atoms with Gasteiger partial charge in [0.2, 0.25) is 5.89 Å². The lowest BCUT2D eigenvalue weighted by atomic mass is 9.85. The number of hydrogen-bond acceptors (Lipinski definition) is 3. The Balaban J connectivity index is 1.62. The zero-order valence-corrected chi connectivity index (χ0v) is 13.1. The number of benzene rings is 1. The van der Waals surface area contributed by atoms with Gasteiger partial charge >= 0.3 is 0 Å². The average molecular weight is 329 g/mol. The Hall–Kier alpha value is -2.20. The number of nitrogens with zero attached hydrogens (tertiary/aromatic N) is 2. The summed E-state index contributed by atoms with van der Waals surface area (Å²) in [6.45, 7) is 0. The summed E-state index contributed by atoms with van der Waals surface area (Å²) in [5, 5.41) is 0.754. The number of fused-ring (bicyclic) bond motifs is 1.